The van der Waals surface area contributed by atoms with Gasteiger partial charge in [0.1, 0.15) is 11.8 Å². The fraction of sp³-hybridized carbons (Fsp3) is 0.250. The second kappa shape index (κ2) is 5.23. The summed E-state index contributed by atoms with van der Waals surface area (Å²) in [6.45, 7) is 1.48. The highest BCUT2D eigenvalue weighted by Crippen LogP contribution is 2.01. The summed E-state index contributed by atoms with van der Waals surface area (Å²) in [7, 11) is 1.89. The fourth-order valence-electron chi connectivity index (χ4n) is 1.56. The van der Waals surface area contributed by atoms with Gasteiger partial charge in [-0.1, -0.05) is 0 Å². The van der Waals surface area contributed by atoms with Crippen molar-refractivity contribution in [2.75, 3.05) is 0 Å². The molecule has 0 spiro atoms. The average molecular weight is 227 g/mol. The summed E-state index contributed by atoms with van der Waals surface area (Å²) < 4.78 is 1.78. The normalized spacial score (nSPS) is 10.1. The lowest BCUT2D eigenvalue weighted by Crippen LogP contribution is -2.12. The van der Waals surface area contributed by atoms with Crippen molar-refractivity contribution in [2.45, 2.75) is 13.1 Å². The van der Waals surface area contributed by atoms with Gasteiger partial charge in [-0.25, -0.2) is 4.98 Å². The molecule has 17 heavy (non-hydrogen) atoms. The molecule has 0 fully saturated rings. The third kappa shape index (κ3) is 3.13. The molecule has 0 aliphatic heterocycles. The number of nitriles is 1. The molecule has 0 aliphatic carbocycles. The lowest BCUT2D eigenvalue weighted by atomic mass is 10.2. The van der Waals surface area contributed by atoms with Gasteiger partial charge in [0.2, 0.25) is 0 Å². The molecular weight excluding hydrogens is 214 g/mol. The van der Waals surface area contributed by atoms with Crippen LogP contribution in [0.25, 0.3) is 0 Å². The van der Waals surface area contributed by atoms with E-state index < -0.39 is 0 Å². The van der Waals surface area contributed by atoms with Crippen LogP contribution in [0.15, 0.2) is 30.7 Å². The van der Waals surface area contributed by atoms with Crippen LogP contribution in [0.3, 0.4) is 0 Å². The largest absolute Gasteiger partial charge is 0.309 e. The Morgan fingerprint density at radius 3 is 2.94 bits per heavy atom. The maximum Gasteiger partial charge on any atom is 0.140 e. The predicted molar refractivity (Wildman–Crippen MR) is 62.7 cm³/mol. The third-order valence-corrected chi connectivity index (χ3v) is 2.36. The van der Waals surface area contributed by atoms with E-state index in [9.17, 15) is 0 Å². The van der Waals surface area contributed by atoms with E-state index in [0.717, 1.165) is 17.7 Å². The van der Waals surface area contributed by atoms with E-state index in [4.69, 9.17) is 5.26 Å². The zero-order valence-electron chi connectivity index (χ0n) is 9.59. The van der Waals surface area contributed by atoms with E-state index in [0.29, 0.717) is 12.2 Å². The first-order chi connectivity index (χ1) is 8.28. The van der Waals surface area contributed by atoms with E-state index in [2.05, 4.69) is 15.4 Å². The van der Waals surface area contributed by atoms with Crippen molar-refractivity contribution in [1.82, 2.24) is 20.1 Å². The molecule has 0 saturated carbocycles. The highest BCUT2D eigenvalue weighted by molar-refractivity contribution is 5.25. The molecule has 2 rings (SSSR count). The quantitative estimate of drug-likeness (QED) is 0.845. The summed E-state index contributed by atoms with van der Waals surface area (Å²) in [6.07, 6.45) is 5.46. The SMILES string of the molecule is Cn1cc(CNCc2ccnc(C#N)c2)cn1. The lowest BCUT2D eigenvalue weighted by molar-refractivity contribution is 0.691. The van der Waals surface area contributed by atoms with Gasteiger partial charge in [-0.15, -0.1) is 0 Å². The Kier molecular flexibility index (Phi) is 3.48. The molecule has 0 atom stereocenters. The number of aryl methyl sites for hydroxylation is 1. The van der Waals surface area contributed by atoms with Crippen molar-refractivity contribution in [3.05, 3.63) is 47.5 Å². The summed E-state index contributed by atoms with van der Waals surface area (Å²) in [5, 5.41) is 16.1. The summed E-state index contributed by atoms with van der Waals surface area (Å²) in [5.41, 5.74) is 2.65. The zero-order chi connectivity index (χ0) is 12.1. The summed E-state index contributed by atoms with van der Waals surface area (Å²) in [5.74, 6) is 0. The Morgan fingerprint density at radius 2 is 2.24 bits per heavy atom. The molecule has 0 saturated heterocycles. The van der Waals surface area contributed by atoms with Gasteiger partial charge in [-0.2, -0.15) is 10.4 Å². The lowest BCUT2D eigenvalue weighted by Gasteiger charge is -2.03. The van der Waals surface area contributed by atoms with E-state index in [1.54, 1.807) is 16.9 Å². The Morgan fingerprint density at radius 1 is 1.41 bits per heavy atom. The van der Waals surface area contributed by atoms with Crippen LogP contribution in [0.5, 0.6) is 0 Å². The molecule has 0 bridgehead atoms. The van der Waals surface area contributed by atoms with Crippen molar-refractivity contribution in [2.24, 2.45) is 7.05 Å². The van der Waals surface area contributed by atoms with Crippen molar-refractivity contribution >= 4 is 0 Å². The molecule has 2 heterocycles. The van der Waals surface area contributed by atoms with Crippen molar-refractivity contribution in [3.63, 3.8) is 0 Å². The second-order valence-electron chi connectivity index (χ2n) is 3.79. The highest BCUT2D eigenvalue weighted by Gasteiger charge is 1.98. The van der Waals surface area contributed by atoms with Crippen molar-refractivity contribution in [1.29, 1.82) is 5.26 Å². The van der Waals surface area contributed by atoms with Crippen LogP contribution in [0.2, 0.25) is 0 Å². The highest BCUT2D eigenvalue weighted by atomic mass is 15.2. The third-order valence-electron chi connectivity index (χ3n) is 2.36. The smallest absolute Gasteiger partial charge is 0.140 e. The first-order valence-corrected chi connectivity index (χ1v) is 5.31. The topological polar surface area (TPSA) is 66.5 Å². The molecule has 0 amide bonds. The molecule has 5 heteroatoms. The second-order valence-corrected chi connectivity index (χ2v) is 3.79. The maximum absolute atomic E-state index is 8.72. The van der Waals surface area contributed by atoms with E-state index in [1.165, 1.54) is 0 Å². The first kappa shape index (κ1) is 11.3. The summed E-state index contributed by atoms with van der Waals surface area (Å²) in [4.78, 5) is 3.93. The molecule has 1 N–H and O–H groups in total. The Balaban J connectivity index is 1.88. The van der Waals surface area contributed by atoms with Crippen molar-refractivity contribution < 1.29 is 0 Å². The molecule has 0 aromatic carbocycles. The molecule has 0 radical (unpaired) electrons. The summed E-state index contributed by atoms with van der Waals surface area (Å²) >= 11 is 0. The van der Waals surface area contributed by atoms with Crippen LogP contribution >= 0.6 is 0 Å². The van der Waals surface area contributed by atoms with Gasteiger partial charge in [0.15, 0.2) is 0 Å². The zero-order valence-corrected chi connectivity index (χ0v) is 9.59. The minimum absolute atomic E-state index is 0.450. The fourth-order valence-corrected chi connectivity index (χ4v) is 1.56. The van der Waals surface area contributed by atoms with Gasteiger partial charge in [0.05, 0.1) is 6.20 Å². The number of aromatic nitrogens is 3. The monoisotopic (exact) mass is 227 g/mol. The molecule has 2 aromatic heterocycles. The van der Waals surface area contributed by atoms with Gasteiger partial charge >= 0.3 is 0 Å². The Bertz CT molecular complexity index is 538. The number of pyridine rings is 1. The first-order valence-electron chi connectivity index (χ1n) is 5.31. The molecule has 2 aromatic rings. The molecule has 0 unspecified atom stereocenters. The van der Waals surface area contributed by atoms with Gasteiger partial charge in [0.25, 0.3) is 0 Å². The molecular formula is C12H13N5. The van der Waals surface area contributed by atoms with Gasteiger partial charge in [-0.3, -0.25) is 4.68 Å². The van der Waals surface area contributed by atoms with Crippen molar-refractivity contribution in [3.8, 4) is 6.07 Å². The van der Waals surface area contributed by atoms with Crippen LogP contribution in [0.4, 0.5) is 0 Å². The molecule has 0 aliphatic rings. The van der Waals surface area contributed by atoms with Crippen LogP contribution in [-0.2, 0) is 20.1 Å². The average Bonchev–Trinajstić information content (AvgIpc) is 2.75. The number of hydrogen-bond acceptors (Lipinski definition) is 4. The minimum atomic E-state index is 0.450. The van der Waals surface area contributed by atoms with Crippen LogP contribution < -0.4 is 5.32 Å². The Labute approximate surface area is 99.7 Å². The minimum Gasteiger partial charge on any atom is -0.309 e. The van der Waals surface area contributed by atoms with Crippen LogP contribution in [0.1, 0.15) is 16.8 Å². The number of nitrogens with one attached hydrogen (secondary N) is 1. The van der Waals surface area contributed by atoms with E-state index in [1.807, 2.05) is 31.6 Å². The van der Waals surface area contributed by atoms with E-state index >= 15 is 0 Å². The van der Waals surface area contributed by atoms with Gasteiger partial charge in [-0.05, 0) is 17.7 Å². The molecule has 86 valence electrons. The number of hydrogen-bond donors (Lipinski definition) is 1. The summed E-state index contributed by atoms with van der Waals surface area (Å²) in [6, 6.07) is 5.71. The van der Waals surface area contributed by atoms with Gasteiger partial charge in [0, 0.05) is 38.1 Å². The Hall–Kier alpha value is -2.19. The maximum atomic E-state index is 8.72. The van der Waals surface area contributed by atoms with Crippen LogP contribution in [-0.4, -0.2) is 14.8 Å². The molecule has 5 nitrogen and oxygen atoms in total. The number of nitrogens with zero attached hydrogens (tertiary/aromatic N) is 4. The predicted octanol–water partition coefficient (Wildman–Crippen LogP) is 0.977. The number of rotatable bonds is 4. The van der Waals surface area contributed by atoms with Crippen LogP contribution in [0, 0.1) is 11.3 Å². The van der Waals surface area contributed by atoms with Gasteiger partial charge < -0.3 is 5.32 Å². The standard InChI is InChI=1S/C12H13N5/c1-17-9-11(8-16-17)7-14-6-10-2-3-15-12(4-10)5-13/h2-4,8-9,14H,6-7H2,1H3. The van der Waals surface area contributed by atoms with E-state index in [-0.39, 0.29) is 0 Å².